The second-order valence-electron chi connectivity index (χ2n) is 5.55. The van der Waals surface area contributed by atoms with E-state index in [1.54, 1.807) is 24.3 Å². The van der Waals surface area contributed by atoms with E-state index >= 15 is 0 Å². The van der Waals surface area contributed by atoms with Crippen LogP contribution in [0.3, 0.4) is 0 Å². The molecular weight excluding hydrogens is 304 g/mol. The summed E-state index contributed by atoms with van der Waals surface area (Å²) in [5.41, 5.74) is 0.561. The Morgan fingerprint density at radius 2 is 1.86 bits per heavy atom. The third kappa shape index (κ3) is 6.91. The molecule has 5 nitrogen and oxygen atoms in total. The molecule has 0 radical (unpaired) electrons. The lowest BCUT2D eigenvalue weighted by Crippen LogP contribution is -2.38. The van der Waals surface area contributed by atoms with E-state index < -0.39 is 6.10 Å². The molecule has 22 heavy (non-hydrogen) atoms. The van der Waals surface area contributed by atoms with Crippen molar-refractivity contribution in [2.45, 2.75) is 32.8 Å². The molecule has 1 rings (SSSR count). The number of aliphatic hydroxyl groups excluding tert-OH is 1. The van der Waals surface area contributed by atoms with Gasteiger partial charge in [0.1, 0.15) is 0 Å². The molecule has 0 fully saturated rings. The highest BCUT2D eigenvalue weighted by molar-refractivity contribution is 6.31. The maximum Gasteiger partial charge on any atom is 0.239 e. The number of rotatable bonds is 8. The molecule has 2 amide bonds. The Morgan fingerprint density at radius 1 is 1.18 bits per heavy atom. The Bertz CT molecular complexity index is 506. The molecule has 0 bridgehead atoms. The number of nitrogens with one attached hydrogen (secondary N) is 2. The molecular formula is C16H23ClN2O3. The first-order chi connectivity index (χ1) is 10.4. The van der Waals surface area contributed by atoms with E-state index in [0.717, 1.165) is 6.42 Å². The molecule has 0 aliphatic carbocycles. The largest absolute Gasteiger partial charge is 0.387 e. The third-order valence-electron chi connectivity index (χ3n) is 3.15. The van der Waals surface area contributed by atoms with Crippen molar-refractivity contribution in [3.05, 3.63) is 34.9 Å². The molecule has 0 aliphatic heterocycles. The van der Waals surface area contributed by atoms with Crippen LogP contribution in [0.15, 0.2) is 24.3 Å². The van der Waals surface area contributed by atoms with Crippen molar-refractivity contribution in [3.8, 4) is 0 Å². The van der Waals surface area contributed by atoms with Crippen LogP contribution in [0.4, 0.5) is 0 Å². The molecule has 0 aromatic heterocycles. The maximum absolute atomic E-state index is 11.6. The van der Waals surface area contributed by atoms with E-state index in [4.69, 9.17) is 11.6 Å². The van der Waals surface area contributed by atoms with Crippen LogP contribution >= 0.6 is 11.6 Å². The van der Waals surface area contributed by atoms with Crippen molar-refractivity contribution >= 4 is 23.4 Å². The van der Waals surface area contributed by atoms with Crippen LogP contribution in [-0.2, 0) is 9.59 Å². The summed E-state index contributed by atoms with van der Waals surface area (Å²) in [5.74, 6) is -0.0372. The molecule has 122 valence electrons. The molecule has 0 aliphatic rings. The number of hydrogen-bond acceptors (Lipinski definition) is 3. The van der Waals surface area contributed by atoms with E-state index in [1.807, 2.05) is 13.8 Å². The Balaban J connectivity index is 2.28. The van der Waals surface area contributed by atoms with Crippen molar-refractivity contribution in [1.29, 1.82) is 0 Å². The van der Waals surface area contributed by atoms with Crippen molar-refractivity contribution < 1.29 is 14.7 Å². The van der Waals surface area contributed by atoms with E-state index in [1.165, 1.54) is 0 Å². The van der Waals surface area contributed by atoms with Gasteiger partial charge in [-0.1, -0.05) is 43.6 Å². The zero-order chi connectivity index (χ0) is 16.5. The standard InChI is InChI=1S/C16H23ClN2O3/c1-11(2)7-8-15(21)19-10-16(22)18-9-14(20)12-5-3-4-6-13(12)17/h3-6,11,14,20H,7-10H2,1-2H3,(H,18,22)(H,19,21). The third-order valence-corrected chi connectivity index (χ3v) is 3.50. The van der Waals surface area contributed by atoms with Gasteiger partial charge in [0.05, 0.1) is 12.6 Å². The minimum absolute atomic E-state index is 0.0461. The molecule has 6 heteroatoms. The molecule has 0 saturated carbocycles. The SMILES string of the molecule is CC(C)CCC(=O)NCC(=O)NCC(O)c1ccccc1Cl. The van der Waals surface area contributed by atoms with Crippen LogP contribution in [-0.4, -0.2) is 30.0 Å². The zero-order valence-corrected chi connectivity index (χ0v) is 13.7. The summed E-state index contributed by atoms with van der Waals surface area (Å²) >= 11 is 5.97. The van der Waals surface area contributed by atoms with E-state index in [9.17, 15) is 14.7 Å². The molecule has 0 saturated heterocycles. The normalized spacial score (nSPS) is 12.0. The van der Waals surface area contributed by atoms with Crippen molar-refractivity contribution in [2.75, 3.05) is 13.1 Å². The van der Waals surface area contributed by atoms with Gasteiger partial charge in [-0.15, -0.1) is 0 Å². The Morgan fingerprint density at radius 3 is 2.50 bits per heavy atom. The highest BCUT2D eigenvalue weighted by atomic mass is 35.5. The highest BCUT2D eigenvalue weighted by Crippen LogP contribution is 2.21. The van der Waals surface area contributed by atoms with Crippen LogP contribution in [0.1, 0.15) is 38.4 Å². The summed E-state index contributed by atoms with van der Waals surface area (Å²) in [6.07, 6.45) is 0.320. The van der Waals surface area contributed by atoms with E-state index in [-0.39, 0.29) is 24.9 Å². The smallest absolute Gasteiger partial charge is 0.239 e. The fraction of sp³-hybridized carbons (Fsp3) is 0.500. The fourth-order valence-corrected chi connectivity index (χ4v) is 2.08. The molecule has 1 aromatic carbocycles. The number of amides is 2. The van der Waals surface area contributed by atoms with Gasteiger partial charge in [-0.3, -0.25) is 9.59 Å². The zero-order valence-electron chi connectivity index (χ0n) is 12.9. The van der Waals surface area contributed by atoms with Crippen LogP contribution < -0.4 is 10.6 Å². The quantitative estimate of drug-likeness (QED) is 0.684. The predicted molar refractivity (Wildman–Crippen MR) is 86.5 cm³/mol. The van der Waals surface area contributed by atoms with Crippen LogP contribution in [0.25, 0.3) is 0 Å². The lowest BCUT2D eigenvalue weighted by Gasteiger charge is -2.14. The first kappa shape index (κ1) is 18.5. The first-order valence-corrected chi connectivity index (χ1v) is 7.73. The lowest BCUT2D eigenvalue weighted by molar-refractivity contribution is -0.126. The van der Waals surface area contributed by atoms with Crippen LogP contribution in [0, 0.1) is 5.92 Å². The van der Waals surface area contributed by atoms with Crippen LogP contribution in [0.5, 0.6) is 0 Å². The summed E-state index contributed by atoms with van der Waals surface area (Å²) in [6.45, 7) is 4.03. The van der Waals surface area contributed by atoms with Gasteiger partial charge in [0, 0.05) is 23.6 Å². The minimum Gasteiger partial charge on any atom is -0.387 e. The molecule has 3 N–H and O–H groups in total. The molecule has 1 unspecified atom stereocenters. The summed E-state index contributed by atoms with van der Waals surface area (Å²) in [6, 6.07) is 6.91. The average molecular weight is 327 g/mol. The van der Waals surface area contributed by atoms with Crippen molar-refractivity contribution in [3.63, 3.8) is 0 Å². The number of hydrogen-bond donors (Lipinski definition) is 3. The molecule has 0 spiro atoms. The van der Waals surface area contributed by atoms with Gasteiger partial charge < -0.3 is 15.7 Å². The molecule has 1 atom stereocenters. The first-order valence-electron chi connectivity index (χ1n) is 7.36. The Kier molecular flexibility index (Phi) is 7.91. The highest BCUT2D eigenvalue weighted by Gasteiger charge is 2.13. The number of carbonyl (C=O) groups excluding carboxylic acids is 2. The Labute approximate surface area is 136 Å². The minimum atomic E-state index is -0.880. The number of halogens is 1. The molecule has 1 aromatic rings. The van der Waals surface area contributed by atoms with Gasteiger partial charge >= 0.3 is 0 Å². The monoisotopic (exact) mass is 326 g/mol. The van der Waals surface area contributed by atoms with Gasteiger partial charge in [-0.05, 0) is 18.4 Å². The number of aliphatic hydroxyl groups is 1. The second kappa shape index (κ2) is 9.43. The Hall–Kier alpha value is -1.59. The van der Waals surface area contributed by atoms with Crippen molar-refractivity contribution in [2.24, 2.45) is 5.92 Å². The van der Waals surface area contributed by atoms with Gasteiger partial charge in [-0.25, -0.2) is 0 Å². The van der Waals surface area contributed by atoms with Crippen LogP contribution in [0.2, 0.25) is 5.02 Å². The predicted octanol–water partition coefficient (Wildman–Crippen LogP) is 2.04. The van der Waals surface area contributed by atoms with E-state index in [0.29, 0.717) is 22.9 Å². The van der Waals surface area contributed by atoms with E-state index in [2.05, 4.69) is 10.6 Å². The van der Waals surface area contributed by atoms with Gasteiger partial charge in [-0.2, -0.15) is 0 Å². The maximum atomic E-state index is 11.6. The molecule has 0 heterocycles. The van der Waals surface area contributed by atoms with Gasteiger partial charge in [0.25, 0.3) is 0 Å². The van der Waals surface area contributed by atoms with Gasteiger partial charge in [0.15, 0.2) is 0 Å². The topological polar surface area (TPSA) is 78.4 Å². The summed E-state index contributed by atoms with van der Waals surface area (Å²) in [4.78, 5) is 23.1. The summed E-state index contributed by atoms with van der Waals surface area (Å²) < 4.78 is 0. The fourth-order valence-electron chi connectivity index (χ4n) is 1.82. The van der Waals surface area contributed by atoms with Crippen molar-refractivity contribution in [1.82, 2.24) is 10.6 Å². The second-order valence-corrected chi connectivity index (χ2v) is 5.96. The number of benzene rings is 1. The summed E-state index contributed by atoms with van der Waals surface area (Å²) in [5, 5.41) is 15.6. The lowest BCUT2D eigenvalue weighted by atomic mass is 10.1. The average Bonchev–Trinajstić information content (AvgIpc) is 2.48. The number of carbonyl (C=O) groups is 2. The van der Waals surface area contributed by atoms with Gasteiger partial charge in [0.2, 0.25) is 11.8 Å². The summed E-state index contributed by atoms with van der Waals surface area (Å²) in [7, 11) is 0.